The molecule has 7 nitrogen and oxygen atoms in total. The summed E-state index contributed by atoms with van der Waals surface area (Å²) in [4.78, 5) is 28.1. The molecule has 0 aliphatic carbocycles. The molecule has 1 atom stereocenters. The number of rotatable bonds is 8. The minimum Gasteiger partial charge on any atom is -0.507 e. The monoisotopic (exact) mass is 521 g/mol. The maximum absolute atomic E-state index is 13.3. The molecule has 1 fully saturated rings. The van der Waals surface area contributed by atoms with Crippen LogP contribution in [0, 0.1) is 0 Å². The van der Waals surface area contributed by atoms with Crippen LogP contribution in [-0.2, 0) is 16.1 Å². The first-order valence-corrected chi connectivity index (χ1v) is 12.1. The van der Waals surface area contributed by atoms with Crippen LogP contribution in [0.5, 0.6) is 17.2 Å². The molecular formula is C29H28ClNO6. The van der Waals surface area contributed by atoms with Crippen LogP contribution in [0.4, 0.5) is 0 Å². The summed E-state index contributed by atoms with van der Waals surface area (Å²) in [5, 5.41) is 11.7. The van der Waals surface area contributed by atoms with Crippen LogP contribution < -0.4 is 14.2 Å². The molecule has 1 aliphatic rings. The Morgan fingerprint density at radius 2 is 1.59 bits per heavy atom. The van der Waals surface area contributed by atoms with Gasteiger partial charge in [0, 0.05) is 12.1 Å². The van der Waals surface area contributed by atoms with Gasteiger partial charge in [0.2, 0.25) is 0 Å². The van der Waals surface area contributed by atoms with Crippen molar-refractivity contribution in [3.05, 3.63) is 94.0 Å². The molecule has 0 radical (unpaired) electrons. The van der Waals surface area contributed by atoms with E-state index in [1.165, 1.54) is 18.1 Å². The highest BCUT2D eigenvalue weighted by Crippen LogP contribution is 2.41. The predicted molar refractivity (Wildman–Crippen MR) is 141 cm³/mol. The number of methoxy groups -OCH3 is 2. The molecule has 1 N–H and O–H groups in total. The van der Waals surface area contributed by atoms with Crippen LogP contribution in [0.3, 0.4) is 0 Å². The Kier molecular flexibility index (Phi) is 7.74. The van der Waals surface area contributed by atoms with Gasteiger partial charge in [-0.15, -0.1) is 0 Å². The van der Waals surface area contributed by atoms with Crippen molar-refractivity contribution < 1.29 is 28.9 Å². The number of benzene rings is 3. The van der Waals surface area contributed by atoms with E-state index in [2.05, 4.69) is 0 Å². The number of hydrogen-bond acceptors (Lipinski definition) is 6. The zero-order valence-electron chi connectivity index (χ0n) is 21.0. The van der Waals surface area contributed by atoms with Gasteiger partial charge in [-0.2, -0.15) is 0 Å². The number of ketones is 1. The molecule has 1 heterocycles. The number of aliphatic hydroxyl groups is 1. The summed E-state index contributed by atoms with van der Waals surface area (Å²) in [5.41, 5.74) is 1.76. The lowest BCUT2D eigenvalue weighted by atomic mass is 9.95. The minimum absolute atomic E-state index is 0.0145. The Labute approximate surface area is 220 Å². The van der Waals surface area contributed by atoms with Gasteiger partial charge in [-0.05, 0) is 67.4 Å². The van der Waals surface area contributed by atoms with E-state index >= 15 is 0 Å². The first-order chi connectivity index (χ1) is 17.7. The largest absolute Gasteiger partial charge is 0.507 e. The summed E-state index contributed by atoms with van der Waals surface area (Å²) in [6, 6.07) is 18.3. The molecule has 4 rings (SSSR count). The van der Waals surface area contributed by atoms with Crippen LogP contribution in [0.25, 0.3) is 5.76 Å². The maximum atomic E-state index is 13.3. The van der Waals surface area contributed by atoms with E-state index < -0.39 is 17.7 Å². The molecule has 37 heavy (non-hydrogen) atoms. The smallest absolute Gasteiger partial charge is 0.295 e. The number of hydrogen-bond donors (Lipinski definition) is 1. The minimum atomic E-state index is -0.820. The first-order valence-electron chi connectivity index (χ1n) is 11.7. The molecule has 0 aromatic heterocycles. The second kappa shape index (κ2) is 11.0. The lowest BCUT2D eigenvalue weighted by Gasteiger charge is -2.26. The van der Waals surface area contributed by atoms with E-state index in [1.807, 2.05) is 38.1 Å². The van der Waals surface area contributed by atoms with Gasteiger partial charge in [-0.25, -0.2) is 0 Å². The van der Waals surface area contributed by atoms with Gasteiger partial charge in [-0.3, -0.25) is 9.59 Å². The maximum Gasteiger partial charge on any atom is 0.295 e. The van der Waals surface area contributed by atoms with Crippen LogP contribution in [0.1, 0.15) is 36.6 Å². The Balaban J connectivity index is 1.79. The van der Waals surface area contributed by atoms with Crippen molar-refractivity contribution in [1.82, 2.24) is 4.90 Å². The van der Waals surface area contributed by atoms with Gasteiger partial charge in [0.15, 0.2) is 0 Å². The highest BCUT2D eigenvalue weighted by atomic mass is 35.5. The molecule has 3 aromatic carbocycles. The predicted octanol–water partition coefficient (Wildman–Crippen LogP) is 5.77. The van der Waals surface area contributed by atoms with Gasteiger partial charge in [0.25, 0.3) is 11.7 Å². The average Bonchev–Trinajstić information content (AvgIpc) is 3.14. The van der Waals surface area contributed by atoms with E-state index in [9.17, 15) is 14.7 Å². The third kappa shape index (κ3) is 5.42. The molecule has 1 amide bonds. The number of carbonyl (C=O) groups is 2. The third-order valence-corrected chi connectivity index (χ3v) is 6.36. The summed E-state index contributed by atoms with van der Waals surface area (Å²) in [6.45, 7) is 4.04. The van der Waals surface area contributed by atoms with Crippen molar-refractivity contribution in [2.45, 2.75) is 32.5 Å². The molecule has 0 spiro atoms. The summed E-state index contributed by atoms with van der Waals surface area (Å²) >= 11 is 6.15. The van der Waals surface area contributed by atoms with E-state index in [0.717, 1.165) is 5.56 Å². The van der Waals surface area contributed by atoms with Crippen LogP contribution in [0.2, 0.25) is 5.02 Å². The molecule has 0 saturated carbocycles. The van der Waals surface area contributed by atoms with Crippen molar-refractivity contribution in [3.63, 3.8) is 0 Å². The lowest BCUT2D eigenvalue weighted by Crippen LogP contribution is -2.29. The fourth-order valence-electron chi connectivity index (χ4n) is 4.28. The van der Waals surface area contributed by atoms with Gasteiger partial charge >= 0.3 is 0 Å². The molecular weight excluding hydrogens is 494 g/mol. The fourth-order valence-corrected chi connectivity index (χ4v) is 4.48. The number of ether oxygens (including phenoxy) is 3. The number of nitrogens with zero attached hydrogens (tertiary/aromatic N) is 1. The SMILES string of the molecule is COc1ccc(C2/C(=C(/O)c3ccc(Cl)c(OC)c3)C(=O)C(=O)N2Cc2ccc(OC(C)C)cc2)cc1. The van der Waals surface area contributed by atoms with Crippen molar-refractivity contribution in [2.24, 2.45) is 0 Å². The van der Waals surface area contributed by atoms with Gasteiger partial charge in [-0.1, -0.05) is 35.9 Å². The summed E-state index contributed by atoms with van der Waals surface area (Å²) in [7, 11) is 3.01. The topological polar surface area (TPSA) is 85.3 Å². The van der Waals surface area contributed by atoms with E-state index in [4.69, 9.17) is 25.8 Å². The second-order valence-corrected chi connectivity index (χ2v) is 9.27. The van der Waals surface area contributed by atoms with E-state index in [0.29, 0.717) is 33.4 Å². The summed E-state index contributed by atoms with van der Waals surface area (Å²) < 4.78 is 16.2. The van der Waals surface area contributed by atoms with Crippen LogP contribution in [0.15, 0.2) is 72.3 Å². The molecule has 3 aromatic rings. The molecule has 1 aliphatic heterocycles. The van der Waals surface area contributed by atoms with E-state index in [1.54, 1.807) is 43.5 Å². The Bertz CT molecular complexity index is 1330. The first kappa shape index (κ1) is 26.1. The van der Waals surface area contributed by atoms with Crippen molar-refractivity contribution in [1.29, 1.82) is 0 Å². The van der Waals surface area contributed by atoms with Gasteiger partial charge in [0.1, 0.15) is 23.0 Å². The van der Waals surface area contributed by atoms with Crippen molar-refractivity contribution in [3.8, 4) is 17.2 Å². The highest BCUT2D eigenvalue weighted by Gasteiger charge is 2.46. The third-order valence-electron chi connectivity index (χ3n) is 6.04. The summed E-state index contributed by atoms with van der Waals surface area (Å²) in [5.74, 6) is -0.104. The second-order valence-electron chi connectivity index (χ2n) is 8.86. The van der Waals surface area contributed by atoms with Crippen molar-refractivity contribution >= 4 is 29.1 Å². The van der Waals surface area contributed by atoms with Crippen molar-refractivity contribution in [2.75, 3.05) is 14.2 Å². The number of likely N-dealkylation sites (tertiary alicyclic amines) is 1. The zero-order valence-corrected chi connectivity index (χ0v) is 21.8. The van der Waals surface area contributed by atoms with Gasteiger partial charge in [0.05, 0.1) is 37.0 Å². The Hall–Kier alpha value is -3.97. The van der Waals surface area contributed by atoms with Gasteiger partial charge < -0.3 is 24.2 Å². The molecule has 1 saturated heterocycles. The fraction of sp³-hybridized carbons (Fsp3) is 0.241. The molecule has 8 heteroatoms. The summed E-state index contributed by atoms with van der Waals surface area (Å²) in [6.07, 6.45) is 0.0326. The normalized spacial score (nSPS) is 16.8. The number of amides is 1. The van der Waals surface area contributed by atoms with Crippen LogP contribution in [-0.4, -0.2) is 42.0 Å². The number of carbonyl (C=O) groups excluding carboxylic acids is 2. The average molecular weight is 522 g/mol. The lowest BCUT2D eigenvalue weighted by molar-refractivity contribution is -0.140. The number of halogens is 1. The Morgan fingerprint density at radius 3 is 2.19 bits per heavy atom. The number of aliphatic hydroxyl groups excluding tert-OH is 1. The molecule has 192 valence electrons. The number of Topliss-reactive ketones (excluding diaryl/α,β-unsaturated/α-hetero) is 1. The highest BCUT2D eigenvalue weighted by molar-refractivity contribution is 6.46. The quantitative estimate of drug-likeness (QED) is 0.230. The zero-order chi connectivity index (χ0) is 26.7. The molecule has 0 bridgehead atoms. The standard InChI is InChI=1S/C29H28ClNO6/c1-17(2)37-22-10-5-18(6-11-22)16-31-26(19-7-12-21(35-3)13-8-19)25(28(33)29(31)34)27(32)20-9-14-23(30)24(15-20)36-4/h5-15,17,26,32H,16H2,1-4H3/b27-25-. The Morgan fingerprint density at radius 1 is 0.946 bits per heavy atom. The van der Waals surface area contributed by atoms with E-state index in [-0.39, 0.29) is 24.0 Å². The molecule has 1 unspecified atom stereocenters. The van der Waals surface area contributed by atoms with Crippen LogP contribution >= 0.6 is 11.6 Å².